The summed E-state index contributed by atoms with van der Waals surface area (Å²) < 4.78 is 0. The van der Waals surface area contributed by atoms with Crippen LogP contribution in [0, 0.1) is 0 Å². The Bertz CT molecular complexity index is 479. The van der Waals surface area contributed by atoms with Crippen LogP contribution in [-0.4, -0.2) is 34.6 Å². The van der Waals surface area contributed by atoms with Gasteiger partial charge in [0.05, 0.1) is 0 Å². The maximum Gasteiger partial charge on any atom is 0.254 e. The Hall–Kier alpha value is -1.35. The SMILES string of the molecule is O=C(N1CCCC(c2ccccc2)CC1)C1(O)CCCC1. The molecule has 1 atom stereocenters. The van der Waals surface area contributed by atoms with E-state index in [4.69, 9.17) is 0 Å². The lowest BCUT2D eigenvalue weighted by Crippen LogP contribution is -2.47. The lowest BCUT2D eigenvalue weighted by atomic mass is 9.92. The molecule has 1 saturated heterocycles. The van der Waals surface area contributed by atoms with Crippen LogP contribution < -0.4 is 0 Å². The number of carbonyl (C=O) groups is 1. The smallest absolute Gasteiger partial charge is 0.254 e. The standard InChI is InChI=1S/C18H25NO2/c20-17(18(21)11-4-5-12-18)19-13-6-9-16(10-14-19)15-7-2-1-3-8-15/h1-3,7-8,16,21H,4-6,9-14H2. The number of aliphatic hydroxyl groups is 1. The normalized spacial score (nSPS) is 25.6. The number of nitrogens with zero attached hydrogens (tertiary/aromatic N) is 1. The molecule has 2 fully saturated rings. The van der Waals surface area contributed by atoms with Crippen LogP contribution in [0.5, 0.6) is 0 Å². The number of hydrogen-bond donors (Lipinski definition) is 1. The molecule has 3 nitrogen and oxygen atoms in total. The van der Waals surface area contributed by atoms with Gasteiger partial charge >= 0.3 is 0 Å². The Morgan fingerprint density at radius 1 is 1.05 bits per heavy atom. The van der Waals surface area contributed by atoms with Gasteiger partial charge in [-0.3, -0.25) is 4.79 Å². The second kappa shape index (κ2) is 6.18. The molecule has 1 N–H and O–H groups in total. The van der Waals surface area contributed by atoms with Crippen LogP contribution in [0.1, 0.15) is 56.4 Å². The summed E-state index contributed by atoms with van der Waals surface area (Å²) in [7, 11) is 0. The van der Waals surface area contributed by atoms with Crippen molar-refractivity contribution in [2.75, 3.05) is 13.1 Å². The molecule has 1 saturated carbocycles. The summed E-state index contributed by atoms with van der Waals surface area (Å²) in [5.41, 5.74) is 0.318. The summed E-state index contributed by atoms with van der Waals surface area (Å²) in [5, 5.41) is 10.5. The molecule has 1 aromatic rings. The Balaban J connectivity index is 1.64. The van der Waals surface area contributed by atoms with Crippen molar-refractivity contribution < 1.29 is 9.90 Å². The number of rotatable bonds is 2. The Kier molecular flexibility index (Phi) is 4.29. The number of amides is 1. The van der Waals surface area contributed by atoms with E-state index in [1.165, 1.54) is 5.56 Å². The van der Waals surface area contributed by atoms with Gasteiger partial charge in [-0.05, 0) is 56.4 Å². The maximum absolute atomic E-state index is 12.6. The zero-order chi connectivity index (χ0) is 14.7. The molecule has 114 valence electrons. The van der Waals surface area contributed by atoms with E-state index in [1.54, 1.807) is 0 Å². The predicted octanol–water partition coefficient (Wildman–Crippen LogP) is 3.09. The van der Waals surface area contributed by atoms with Crippen molar-refractivity contribution in [3.05, 3.63) is 35.9 Å². The van der Waals surface area contributed by atoms with Gasteiger partial charge in [0.1, 0.15) is 5.60 Å². The van der Waals surface area contributed by atoms with E-state index >= 15 is 0 Å². The highest BCUT2D eigenvalue weighted by Gasteiger charge is 2.41. The van der Waals surface area contributed by atoms with Gasteiger partial charge in [0.15, 0.2) is 0 Å². The number of carbonyl (C=O) groups excluding carboxylic acids is 1. The third-order valence-electron chi connectivity index (χ3n) is 5.12. The van der Waals surface area contributed by atoms with E-state index in [-0.39, 0.29) is 5.91 Å². The first-order valence-corrected chi connectivity index (χ1v) is 8.26. The van der Waals surface area contributed by atoms with Gasteiger partial charge in [0.25, 0.3) is 5.91 Å². The Labute approximate surface area is 127 Å². The second-order valence-electron chi connectivity index (χ2n) is 6.57. The molecular formula is C18H25NO2. The lowest BCUT2D eigenvalue weighted by molar-refractivity contribution is -0.150. The molecule has 1 unspecified atom stereocenters. The molecule has 1 aromatic carbocycles. The van der Waals surface area contributed by atoms with Crippen molar-refractivity contribution in [3.63, 3.8) is 0 Å². The fourth-order valence-electron chi connectivity index (χ4n) is 3.83. The minimum Gasteiger partial charge on any atom is -0.380 e. The van der Waals surface area contributed by atoms with Crippen LogP contribution in [0.2, 0.25) is 0 Å². The molecule has 1 aliphatic heterocycles. The molecule has 0 radical (unpaired) electrons. The van der Waals surface area contributed by atoms with Crippen molar-refractivity contribution >= 4 is 5.91 Å². The molecule has 0 aromatic heterocycles. The average Bonchev–Trinajstić information content (AvgIpc) is 2.83. The molecule has 3 rings (SSSR count). The Morgan fingerprint density at radius 2 is 1.76 bits per heavy atom. The summed E-state index contributed by atoms with van der Waals surface area (Å²) >= 11 is 0. The maximum atomic E-state index is 12.6. The summed E-state index contributed by atoms with van der Waals surface area (Å²) in [6, 6.07) is 10.6. The van der Waals surface area contributed by atoms with E-state index < -0.39 is 5.60 Å². The van der Waals surface area contributed by atoms with Crippen LogP contribution >= 0.6 is 0 Å². The van der Waals surface area contributed by atoms with Crippen LogP contribution in [0.15, 0.2) is 30.3 Å². The van der Waals surface area contributed by atoms with Crippen LogP contribution in [-0.2, 0) is 4.79 Å². The molecule has 3 heteroatoms. The number of hydrogen-bond acceptors (Lipinski definition) is 2. The van der Waals surface area contributed by atoms with Gasteiger partial charge in [0.2, 0.25) is 0 Å². The molecule has 1 amide bonds. The zero-order valence-corrected chi connectivity index (χ0v) is 12.6. The highest BCUT2D eigenvalue weighted by molar-refractivity contribution is 5.85. The van der Waals surface area contributed by atoms with E-state index in [9.17, 15) is 9.90 Å². The van der Waals surface area contributed by atoms with Gasteiger partial charge in [-0.15, -0.1) is 0 Å². The van der Waals surface area contributed by atoms with E-state index in [2.05, 4.69) is 24.3 Å². The minimum absolute atomic E-state index is 0.0197. The second-order valence-corrected chi connectivity index (χ2v) is 6.57. The highest BCUT2D eigenvalue weighted by Crippen LogP contribution is 2.33. The van der Waals surface area contributed by atoms with Crippen LogP contribution in [0.3, 0.4) is 0 Å². The predicted molar refractivity (Wildman–Crippen MR) is 83.0 cm³/mol. The molecule has 0 spiro atoms. The lowest BCUT2D eigenvalue weighted by Gasteiger charge is -2.29. The van der Waals surface area contributed by atoms with Crippen LogP contribution in [0.25, 0.3) is 0 Å². The molecule has 0 bridgehead atoms. The molecule has 1 heterocycles. The first-order chi connectivity index (χ1) is 10.2. The van der Waals surface area contributed by atoms with E-state index in [0.29, 0.717) is 18.8 Å². The summed E-state index contributed by atoms with van der Waals surface area (Å²) in [5.74, 6) is 0.524. The van der Waals surface area contributed by atoms with E-state index in [1.807, 2.05) is 11.0 Å². The molecule has 21 heavy (non-hydrogen) atoms. The van der Waals surface area contributed by atoms with Crippen LogP contribution in [0.4, 0.5) is 0 Å². The number of benzene rings is 1. The first-order valence-electron chi connectivity index (χ1n) is 8.26. The fraction of sp³-hybridized carbons (Fsp3) is 0.611. The topological polar surface area (TPSA) is 40.5 Å². The highest BCUT2D eigenvalue weighted by atomic mass is 16.3. The van der Waals surface area contributed by atoms with Gasteiger partial charge in [-0.1, -0.05) is 30.3 Å². The zero-order valence-electron chi connectivity index (χ0n) is 12.6. The van der Waals surface area contributed by atoms with Crippen molar-refractivity contribution in [2.45, 2.75) is 56.5 Å². The third-order valence-corrected chi connectivity index (χ3v) is 5.12. The van der Waals surface area contributed by atoms with Gasteiger partial charge in [-0.2, -0.15) is 0 Å². The van der Waals surface area contributed by atoms with Crippen molar-refractivity contribution in [1.82, 2.24) is 4.90 Å². The van der Waals surface area contributed by atoms with E-state index in [0.717, 1.165) is 45.2 Å². The first kappa shape index (κ1) is 14.6. The van der Waals surface area contributed by atoms with Gasteiger partial charge in [0, 0.05) is 13.1 Å². The monoisotopic (exact) mass is 287 g/mol. The number of likely N-dealkylation sites (tertiary alicyclic amines) is 1. The Morgan fingerprint density at radius 3 is 2.48 bits per heavy atom. The van der Waals surface area contributed by atoms with Gasteiger partial charge < -0.3 is 10.0 Å². The molecular weight excluding hydrogens is 262 g/mol. The fourth-order valence-corrected chi connectivity index (χ4v) is 3.83. The third kappa shape index (κ3) is 3.13. The molecule has 1 aliphatic carbocycles. The van der Waals surface area contributed by atoms with Crippen molar-refractivity contribution in [3.8, 4) is 0 Å². The average molecular weight is 287 g/mol. The summed E-state index contributed by atoms with van der Waals surface area (Å²) in [6.45, 7) is 1.57. The minimum atomic E-state index is -1.06. The van der Waals surface area contributed by atoms with Gasteiger partial charge in [-0.25, -0.2) is 0 Å². The van der Waals surface area contributed by atoms with Crippen molar-refractivity contribution in [1.29, 1.82) is 0 Å². The molecule has 2 aliphatic rings. The quantitative estimate of drug-likeness (QED) is 0.908. The summed E-state index contributed by atoms with van der Waals surface area (Å²) in [4.78, 5) is 14.5. The summed E-state index contributed by atoms with van der Waals surface area (Å²) in [6.07, 6.45) is 6.40. The largest absolute Gasteiger partial charge is 0.380 e. The van der Waals surface area contributed by atoms with Crippen molar-refractivity contribution in [2.24, 2.45) is 0 Å².